The maximum atomic E-state index is 14.5. The predicted molar refractivity (Wildman–Crippen MR) is 189 cm³/mol. The Kier molecular flexibility index (Phi) is 11.5. The molecule has 3 unspecified atom stereocenters. The number of carbonyl (C=O) groups excluding carboxylic acids is 3. The molecule has 3 N–H and O–H groups in total. The summed E-state index contributed by atoms with van der Waals surface area (Å²) in [5.74, 6) is -0.717. The lowest BCUT2D eigenvalue weighted by molar-refractivity contribution is -0.146. The number of nitrogens with two attached hydrogens (primary N) is 1. The summed E-state index contributed by atoms with van der Waals surface area (Å²) in [5.41, 5.74) is 8.06. The van der Waals surface area contributed by atoms with Gasteiger partial charge in [-0.25, -0.2) is 0 Å². The minimum atomic E-state index is -0.813. The molecule has 2 aliphatic rings. The molecule has 1 aliphatic heterocycles. The molecule has 1 saturated carbocycles. The van der Waals surface area contributed by atoms with E-state index in [4.69, 9.17) is 5.73 Å². The number of carbonyl (C=O) groups is 3. The third kappa shape index (κ3) is 8.87. The number of benzene rings is 3. The molecule has 3 atom stereocenters. The lowest BCUT2D eigenvalue weighted by Crippen LogP contribution is -2.56. The SMILES string of the molecule is CN1CCCC1CCNC(=O)C(Cc1ccccc1)N(C)C(=O)C(Cc1ccc2ccccc2c1)N(C)C(=O)/C=C/CC1(N)CCC1. The van der Waals surface area contributed by atoms with Crippen LogP contribution in [0.25, 0.3) is 10.8 Å². The van der Waals surface area contributed by atoms with Crippen LogP contribution >= 0.6 is 0 Å². The van der Waals surface area contributed by atoms with E-state index in [9.17, 15) is 14.4 Å². The van der Waals surface area contributed by atoms with Crippen LogP contribution in [0.15, 0.2) is 84.9 Å². The van der Waals surface area contributed by atoms with Crippen LogP contribution in [0.1, 0.15) is 56.1 Å². The largest absolute Gasteiger partial charge is 0.354 e. The number of nitrogens with one attached hydrogen (secondary N) is 1. The molecule has 47 heavy (non-hydrogen) atoms. The number of rotatable bonds is 14. The minimum absolute atomic E-state index is 0.183. The van der Waals surface area contributed by atoms with Gasteiger partial charge in [-0.05, 0) is 86.5 Å². The van der Waals surface area contributed by atoms with Crippen molar-refractivity contribution in [2.75, 3.05) is 34.2 Å². The van der Waals surface area contributed by atoms with Gasteiger partial charge in [0.25, 0.3) is 0 Å². The fourth-order valence-corrected chi connectivity index (χ4v) is 6.93. The average molecular weight is 638 g/mol. The molecular formula is C39H51N5O3. The summed E-state index contributed by atoms with van der Waals surface area (Å²) in [6, 6.07) is 22.9. The summed E-state index contributed by atoms with van der Waals surface area (Å²) in [4.78, 5) is 47.3. The summed E-state index contributed by atoms with van der Waals surface area (Å²) in [5, 5.41) is 5.32. The van der Waals surface area contributed by atoms with Crippen LogP contribution in [0.4, 0.5) is 0 Å². The van der Waals surface area contributed by atoms with Crippen LogP contribution in [0.2, 0.25) is 0 Å². The van der Waals surface area contributed by atoms with Gasteiger partial charge >= 0.3 is 0 Å². The molecule has 0 radical (unpaired) electrons. The minimum Gasteiger partial charge on any atom is -0.354 e. The monoisotopic (exact) mass is 637 g/mol. The topological polar surface area (TPSA) is 99.0 Å². The highest BCUT2D eigenvalue weighted by atomic mass is 16.2. The first-order valence-corrected chi connectivity index (χ1v) is 17.1. The van der Waals surface area contributed by atoms with Crippen LogP contribution < -0.4 is 11.1 Å². The molecule has 8 heteroatoms. The molecule has 3 amide bonds. The Morgan fingerprint density at radius 1 is 0.915 bits per heavy atom. The third-order valence-corrected chi connectivity index (χ3v) is 10.3. The molecule has 0 spiro atoms. The van der Waals surface area contributed by atoms with Crippen molar-refractivity contribution in [2.45, 2.75) is 81.5 Å². The molecule has 3 aromatic rings. The number of amides is 3. The van der Waals surface area contributed by atoms with Gasteiger partial charge in [0.05, 0.1) is 0 Å². The summed E-state index contributed by atoms with van der Waals surface area (Å²) < 4.78 is 0. The predicted octanol–water partition coefficient (Wildman–Crippen LogP) is 4.71. The van der Waals surface area contributed by atoms with E-state index in [1.165, 1.54) is 11.3 Å². The Labute approximate surface area is 280 Å². The quantitative estimate of drug-likeness (QED) is 0.250. The zero-order valence-corrected chi connectivity index (χ0v) is 28.2. The zero-order valence-electron chi connectivity index (χ0n) is 28.2. The van der Waals surface area contributed by atoms with Crippen molar-refractivity contribution in [1.29, 1.82) is 0 Å². The maximum absolute atomic E-state index is 14.5. The van der Waals surface area contributed by atoms with Crippen molar-refractivity contribution in [2.24, 2.45) is 5.73 Å². The molecule has 2 fully saturated rings. The van der Waals surface area contributed by atoms with Crippen molar-refractivity contribution in [3.8, 4) is 0 Å². The van der Waals surface area contributed by atoms with E-state index in [0.717, 1.165) is 60.5 Å². The van der Waals surface area contributed by atoms with E-state index in [1.54, 1.807) is 25.1 Å². The standard InChI is InChI=1S/C39H51N5O3/c1-42-25-10-16-33(42)20-24-41-37(46)34(27-29-12-5-4-6-13-29)44(3)38(47)35(28-30-18-19-31-14-7-8-15-32(31)26-30)43(2)36(45)17-9-21-39(40)22-11-23-39/h4-9,12-15,17-19,26,33-35H,10-11,16,20-25,27-28,40H2,1-3H3,(H,41,46)/b17-9+. The van der Waals surface area contributed by atoms with E-state index in [2.05, 4.69) is 29.4 Å². The molecule has 250 valence electrons. The van der Waals surface area contributed by atoms with E-state index in [1.807, 2.05) is 66.7 Å². The van der Waals surface area contributed by atoms with Gasteiger partial charge in [0, 0.05) is 45.1 Å². The second-order valence-electron chi connectivity index (χ2n) is 13.7. The average Bonchev–Trinajstić information content (AvgIpc) is 3.48. The van der Waals surface area contributed by atoms with Crippen LogP contribution in [0, 0.1) is 0 Å². The van der Waals surface area contributed by atoms with Gasteiger partial charge in [-0.3, -0.25) is 14.4 Å². The van der Waals surface area contributed by atoms with Crippen LogP contribution in [0.5, 0.6) is 0 Å². The third-order valence-electron chi connectivity index (χ3n) is 10.3. The molecule has 1 heterocycles. The highest BCUT2D eigenvalue weighted by Crippen LogP contribution is 2.32. The lowest BCUT2D eigenvalue weighted by Gasteiger charge is -2.37. The van der Waals surface area contributed by atoms with Crippen molar-refractivity contribution < 1.29 is 14.4 Å². The second-order valence-corrected chi connectivity index (χ2v) is 13.7. The Bertz CT molecular complexity index is 1550. The molecular weight excluding hydrogens is 586 g/mol. The molecule has 1 saturated heterocycles. The highest BCUT2D eigenvalue weighted by Gasteiger charge is 2.35. The molecule has 0 aromatic heterocycles. The zero-order chi connectivity index (χ0) is 33.4. The first kappa shape index (κ1) is 34.3. The van der Waals surface area contributed by atoms with Crippen LogP contribution in [-0.4, -0.2) is 90.3 Å². The highest BCUT2D eigenvalue weighted by molar-refractivity contribution is 5.95. The summed E-state index contributed by atoms with van der Waals surface area (Å²) in [6.07, 6.45) is 10.9. The Morgan fingerprint density at radius 3 is 2.30 bits per heavy atom. The van der Waals surface area contributed by atoms with Gasteiger partial charge in [0.2, 0.25) is 17.7 Å². The van der Waals surface area contributed by atoms with E-state index in [0.29, 0.717) is 31.8 Å². The second kappa shape index (κ2) is 15.7. The number of likely N-dealkylation sites (N-methyl/N-ethyl adjacent to an activating group) is 2. The smallest absolute Gasteiger partial charge is 0.246 e. The van der Waals surface area contributed by atoms with Crippen molar-refractivity contribution in [3.05, 3.63) is 96.1 Å². The lowest BCUT2D eigenvalue weighted by atomic mass is 9.75. The number of fused-ring (bicyclic) bond motifs is 1. The van der Waals surface area contributed by atoms with E-state index < -0.39 is 12.1 Å². The van der Waals surface area contributed by atoms with Crippen LogP contribution in [0.3, 0.4) is 0 Å². The van der Waals surface area contributed by atoms with E-state index >= 15 is 0 Å². The number of hydrogen-bond donors (Lipinski definition) is 2. The molecule has 5 rings (SSSR count). The van der Waals surface area contributed by atoms with Crippen molar-refractivity contribution >= 4 is 28.5 Å². The Hall–Kier alpha value is -4.01. The normalized spacial score (nSPS) is 18.9. The molecule has 0 bridgehead atoms. The first-order valence-electron chi connectivity index (χ1n) is 17.1. The van der Waals surface area contributed by atoms with Crippen molar-refractivity contribution in [1.82, 2.24) is 20.0 Å². The summed E-state index contributed by atoms with van der Waals surface area (Å²) >= 11 is 0. The van der Waals surface area contributed by atoms with E-state index in [-0.39, 0.29) is 23.3 Å². The van der Waals surface area contributed by atoms with Crippen molar-refractivity contribution in [3.63, 3.8) is 0 Å². The summed E-state index contributed by atoms with van der Waals surface area (Å²) in [6.45, 7) is 1.63. The van der Waals surface area contributed by atoms with Crippen LogP contribution in [-0.2, 0) is 27.2 Å². The molecule has 1 aliphatic carbocycles. The fourth-order valence-electron chi connectivity index (χ4n) is 6.93. The molecule has 3 aromatic carbocycles. The van der Waals surface area contributed by atoms with Gasteiger partial charge in [0.15, 0.2) is 0 Å². The summed E-state index contributed by atoms with van der Waals surface area (Å²) in [7, 11) is 5.50. The first-order chi connectivity index (χ1) is 22.6. The maximum Gasteiger partial charge on any atom is 0.246 e. The van der Waals surface area contributed by atoms with Gasteiger partial charge in [-0.2, -0.15) is 0 Å². The number of hydrogen-bond acceptors (Lipinski definition) is 5. The molecule has 8 nitrogen and oxygen atoms in total. The Balaban J connectivity index is 1.37. The van der Waals surface area contributed by atoms with Gasteiger partial charge in [-0.15, -0.1) is 0 Å². The van der Waals surface area contributed by atoms with Gasteiger partial charge in [-0.1, -0.05) is 78.9 Å². The Morgan fingerprint density at radius 2 is 1.62 bits per heavy atom. The van der Waals surface area contributed by atoms with Gasteiger partial charge < -0.3 is 25.8 Å². The van der Waals surface area contributed by atoms with Gasteiger partial charge in [0.1, 0.15) is 12.1 Å². The number of likely N-dealkylation sites (tertiary alicyclic amines) is 1. The number of nitrogens with zero attached hydrogens (tertiary/aromatic N) is 3. The fraction of sp³-hybridized carbons (Fsp3) is 0.462.